The van der Waals surface area contributed by atoms with Crippen LogP contribution in [0.1, 0.15) is 16.7 Å². The topological polar surface area (TPSA) is 244 Å². The minimum atomic E-state index is -4.66. The molecular formula is C37H38N12O5S. The van der Waals surface area contributed by atoms with Gasteiger partial charge in [-0.15, -0.1) is 0 Å². The van der Waals surface area contributed by atoms with E-state index in [0.717, 1.165) is 22.5 Å². The van der Waals surface area contributed by atoms with E-state index in [1.807, 2.05) is 85.8 Å². The summed E-state index contributed by atoms with van der Waals surface area (Å²) in [5.74, 6) is 1.30. The Labute approximate surface area is 316 Å². The Morgan fingerprint density at radius 2 is 0.927 bits per heavy atom. The van der Waals surface area contributed by atoms with Gasteiger partial charge in [-0.25, -0.2) is 0 Å². The number of rotatable bonds is 17. The largest absolute Gasteiger partial charge is 0.395 e. The molecule has 0 amide bonds. The molecule has 0 spiro atoms. The van der Waals surface area contributed by atoms with Crippen LogP contribution < -0.4 is 31.9 Å². The summed E-state index contributed by atoms with van der Waals surface area (Å²) in [6.07, 6.45) is 3.33. The number of anilines is 10. The molecule has 0 saturated heterocycles. The van der Waals surface area contributed by atoms with Gasteiger partial charge in [0.1, 0.15) is 4.90 Å². The van der Waals surface area contributed by atoms with Gasteiger partial charge in [0.25, 0.3) is 10.1 Å². The summed E-state index contributed by atoms with van der Waals surface area (Å²) in [6, 6.07) is 28.7. The number of hydrogen-bond donors (Lipinski definition) is 9. The Morgan fingerprint density at radius 1 is 0.527 bits per heavy atom. The molecule has 6 aromatic rings. The van der Waals surface area contributed by atoms with Crippen LogP contribution in [0, 0.1) is 6.92 Å². The zero-order valence-corrected chi connectivity index (χ0v) is 30.3. The van der Waals surface area contributed by atoms with Crippen LogP contribution >= 0.6 is 0 Å². The van der Waals surface area contributed by atoms with E-state index < -0.39 is 10.1 Å². The van der Waals surface area contributed by atoms with Crippen LogP contribution in [0.5, 0.6) is 0 Å². The lowest BCUT2D eigenvalue weighted by atomic mass is 10.1. The van der Waals surface area contributed by atoms with Gasteiger partial charge in [-0.05, 0) is 72.1 Å². The summed E-state index contributed by atoms with van der Waals surface area (Å²) in [4.78, 5) is 26.0. The minimum Gasteiger partial charge on any atom is -0.395 e. The minimum absolute atomic E-state index is 0.0845. The lowest BCUT2D eigenvalue weighted by Crippen LogP contribution is -2.12. The van der Waals surface area contributed by atoms with Gasteiger partial charge in [0, 0.05) is 35.8 Å². The Morgan fingerprint density at radius 3 is 1.36 bits per heavy atom. The fourth-order valence-electron chi connectivity index (χ4n) is 5.12. The molecule has 2 aromatic heterocycles. The molecule has 0 bridgehead atoms. The second kappa shape index (κ2) is 17.9. The third kappa shape index (κ3) is 10.9. The molecule has 0 fully saturated rings. The number of aliphatic hydroxyl groups is 2. The van der Waals surface area contributed by atoms with Crippen LogP contribution in [0.3, 0.4) is 0 Å². The second-order valence-electron chi connectivity index (χ2n) is 11.8. The first kappa shape index (κ1) is 38.0. The number of aliphatic hydroxyl groups excluding tert-OH is 2. The summed E-state index contributed by atoms with van der Waals surface area (Å²) in [7, 11) is -4.66. The van der Waals surface area contributed by atoms with E-state index in [4.69, 9.17) is 0 Å². The molecule has 9 N–H and O–H groups in total. The molecule has 0 atom stereocenters. The molecule has 6 rings (SSSR count). The first-order chi connectivity index (χ1) is 26.6. The normalized spacial score (nSPS) is 11.3. The number of benzene rings is 4. The number of nitrogens with one attached hydrogen (secondary N) is 6. The Bertz CT molecular complexity index is 2370. The highest BCUT2D eigenvalue weighted by Crippen LogP contribution is 2.27. The summed E-state index contributed by atoms with van der Waals surface area (Å²) < 4.78 is 35.3. The Balaban J connectivity index is 1.20. The first-order valence-corrected chi connectivity index (χ1v) is 18.4. The van der Waals surface area contributed by atoms with Gasteiger partial charge in [0.05, 0.1) is 13.2 Å². The molecule has 0 radical (unpaired) electrons. The van der Waals surface area contributed by atoms with E-state index in [1.165, 1.54) is 6.07 Å². The van der Waals surface area contributed by atoms with Gasteiger partial charge in [-0.3, -0.25) is 4.55 Å². The van der Waals surface area contributed by atoms with E-state index in [0.29, 0.717) is 11.6 Å². The van der Waals surface area contributed by atoms with Gasteiger partial charge in [-0.1, -0.05) is 60.7 Å². The Kier molecular flexibility index (Phi) is 12.3. The highest BCUT2D eigenvalue weighted by Gasteiger charge is 2.17. The lowest BCUT2D eigenvalue weighted by Gasteiger charge is -2.12. The Hall–Kier alpha value is -6.73. The van der Waals surface area contributed by atoms with Crippen LogP contribution in [0.25, 0.3) is 12.2 Å². The maximum absolute atomic E-state index is 12.6. The van der Waals surface area contributed by atoms with Crippen molar-refractivity contribution in [2.75, 3.05) is 58.2 Å². The van der Waals surface area contributed by atoms with Crippen molar-refractivity contribution in [2.45, 2.75) is 11.8 Å². The van der Waals surface area contributed by atoms with Crippen molar-refractivity contribution in [1.82, 2.24) is 29.9 Å². The smallest absolute Gasteiger partial charge is 0.295 e. The molecule has 55 heavy (non-hydrogen) atoms. The summed E-state index contributed by atoms with van der Waals surface area (Å²) in [5, 5.41) is 36.8. The molecule has 0 unspecified atom stereocenters. The van der Waals surface area contributed by atoms with Crippen LogP contribution in [0.15, 0.2) is 102 Å². The van der Waals surface area contributed by atoms with Crippen LogP contribution in [-0.4, -0.2) is 79.4 Å². The van der Waals surface area contributed by atoms with Crippen molar-refractivity contribution in [2.24, 2.45) is 0 Å². The fraction of sp³-hybridized carbons (Fsp3) is 0.135. The van der Waals surface area contributed by atoms with Crippen molar-refractivity contribution >= 4 is 80.7 Å². The first-order valence-electron chi connectivity index (χ1n) is 17.0. The van der Waals surface area contributed by atoms with Crippen molar-refractivity contribution < 1.29 is 23.2 Å². The van der Waals surface area contributed by atoms with Gasteiger partial charge in [0.2, 0.25) is 35.7 Å². The van der Waals surface area contributed by atoms with E-state index in [9.17, 15) is 23.2 Å². The predicted molar refractivity (Wildman–Crippen MR) is 213 cm³/mol. The van der Waals surface area contributed by atoms with E-state index in [-0.39, 0.29) is 72.2 Å². The number of para-hydroxylation sites is 2. The van der Waals surface area contributed by atoms with Gasteiger partial charge < -0.3 is 42.1 Å². The average Bonchev–Trinajstić information content (AvgIpc) is 3.16. The lowest BCUT2D eigenvalue weighted by molar-refractivity contribution is 0.310. The maximum atomic E-state index is 12.6. The van der Waals surface area contributed by atoms with Gasteiger partial charge in [-0.2, -0.15) is 38.3 Å². The third-order valence-electron chi connectivity index (χ3n) is 7.64. The van der Waals surface area contributed by atoms with E-state index in [1.54, 1.807) is 24.3 Å². The second-order valence-corrected chi connectivity index (χ2v) is 13.2. The standard InChI is InChI=1S/C37H38N12O5S/c1-24-22-29(42-36-46-32(38-18-20-50)44-34(48-36)40-27-8-4-2-5-9-27)16-14-25(24)12-13-26-15-17-30(23-31(26)55(52,53)54)43-37-47-33(39-19-21-51)45-35(49-37)41-28-10-6-3-7-11-28/h2-17,22-23,50-51H,18-21H2,1H3,(H,52,53,54)(H3,38,40,42,44,46,48)(H3,39,41,43,45,47,49)/b13-12+. The summed E-state index contributed by atoms with van der Waals surface area (Å²) in [6.45, 7) is 2.09. The molecular weight excluding hydrogens is 725 g/mol. The van der Waals surface area contributed by atoms with Crippen molar-refractivity contribution in [3.63, 3.8) is 0 Å². The van der Waals surface area contributed by atoms with Crippen molar-refractivity contribution in [3.8, 4) is 0 Å². The zero-order chi connectivity index (χ0) is 38.6. The molecule has 17 nitrogen and oxygen atoms in total. The SMILES string of the molecule is Cc1cc(Nc2nc(NCCO)nc(Nc3ccccc3)n2)ccc1/C=C/c1ccc(Nc2nc(NCCO)nc(Nc3ccccc3)n2)cc1S(=O)(=O)O. The van der Waals surface area contributed by atoms with Crippen LogP contribution in [0.4, 0.5) is 58.4 Å². The van der Waals surface area contributed by atoms with Gasteiger partial charge in [0.15, 0.2) is 0 Å². The average molecular weight is 763 g/mol. The molecule has 4 aromatic carbocycles. The van der Waals surface area contributed by atoms with Crippen molar-refractivity contribution in [3.05, 3.63) is 114 Å². The van der Waals surface area contributed by atoms with Crippen LogP contribution in [-0.2, 0) is 10.1 Å². The highest BCUT2D eigenvalue weighted by atomic mass is 32.2. The summed E-state index contributed by atoms with van der Waals surface area (Å²) >= 11 is 0. The molecule has 18 heteroatoms. The summed E-state index contributed by atoms with van der Waals surface area (Å²) in [5.41, 5.74) is 4.37. The molecule has 2 heterocycles. The highest BCUT2D eigenvalue weighted by molar-refractivity contribution is 7.86. The third-order valence-corrected chi connectivity index (χ3v) is 8.55. The maximum Gasteiger partial charge on any atom is 0.295 e. The molecule has 0 aliphatic heterocycles. The van der Waals surface area contributed by atoms with E-state index >= 15 is 0 Å². The molecule has 0 saturated carbocycles. The fourth-order valence-corrected chi connectivity index (χ4v) is 5.83. The number of aryl methyl sites for hydroxylation is 1. The monoisotopic (exact) mass is 762 g/mol. The van der Waals surface area contributed by atoms with Crippen LogP contribution in [0.2, 0.25) is 0 Å². The molecule has 0 aliphatic rings. The van der Waals surface area contributed by atoms with Crippen molar-refractivity contribution in [1.29, 1.82) is 0 Å². The zero-order valence-electron chi connectivity index (χ0n) is 29.5. The number of aromatic nitrogens is 6. The number of nitrogens with zero attached hydrogens (tertiary/aromatic N) is 6. The molecule has 282 valence electrons. The molecule has 0 aliphatic carbocycles. The van der Waals surface area contributed by atoms with E-state index in [2.05, 4.69) is 61.8 Å². The van der Waals surface area contributed by atoms with Gasteiger partial charge >= 0.3 is 0 Å². The predicted octanol–water partition coefficient (Wildman–Crippen LogP) is 5.56. The number of hydrogen-bond acceptors (Lipinski definition) is 16. The quantitative estimate of drug-likeness (QED) is 0.0407.